The fourth-order valence-corrected chi connectivity index (χ4v) is 12.2. The number of urea groups is 1. The van der Waals surface area contributed by atoms with Gasteiger partial charge in [-0.3, -0.25) is 4.79 Å². The number of benzene rings is 3. The molecule has 2 amide bonds. The standard InChI is InChI=1S/C47H50F6N2O5/c1-29(31-8-5-4-6-9-31)54-40(58)55(27-30-12-14-35(15-13-30)60-47(51,52)53)28-44(59)21-18-38-42(44,3)20-17-37-41(2)19-16-34(56)25-43(41)22-23-45(37,38)36(26-43)39(57)32-10-7-11-33(24-32)46(48,49)50/h4-15,22-24,26,29,34,37-38,56,59H,16-21,25,27-28H2,1-3H3,(H,54,58)/t29-,34?,37-,38-,41-,42+,43+,44-,45-/m1/s1. The number of Topliss-reactive ketones (excluding diaryl/α,β-unsaturated/α-hetero) is 1. The molecule has 9 rings (SSSR count). The molecule has 6 aliphatic rings. The Morgan fingerprint density at radius 2 is 1.53 bits per heavy atom. The number of ketones is 1. The summed E-state index contributed by atoms with van der Waals surface area (Å²) in [6.45, 7) is 5.82. The van der Waals surface area contributed by atoms with Crippen molar-refractivity contribution in [2.24, 2.45) is 33.5 Å². The zero-order valence-electron chi connectivity index (χ0n) is 33.7. The number of rotatable bonds is 9. The lowest BCUT2D eigenvalue weighted by molar-refractivity contribution is -0.274. The summed E-state index contributed by atoms with van der Waals surface area (Å²) in [5.74, 6) is -1.41. The van der Waals surface area contributed by atoms with Gasteiger partial charge in [0, 0.05) is 33.9 Å². The molecule has 3 N–H and O–H groups in total. The Morgan fingerprint density at radius 1 is 0.867 bits per heavy atom. The number of allylic oxidation sites excluding steroid dienone is 4. The van der Waals surface area contributed by atoms with Crippen LogP contribution in [0.1, 0.15) is 98.8 Å². The maximum Gasteiger partial charge on any atom is 0.573 e. The van der Waals surface area contributed by atoms with E-state index in [0.717, 1.165) is 17.7 Å². The average molecular weight is 837 g/mol. The molecule has 0 saturated heterocycles. The van der Waals surface area contributed by atoms with Gasteiger partial charge in [-0.05, 0) is 105 Å². The van der Waals surface area contributed by atoms with E-state index in [9.17, 15) is 46.1 Å². The third-order valence-electron chi connectivity index (χ3n) is 15.3. The Balaban J connectivity index is 1.17. The molecule has 7 nitrogen and oxygen atoms in total. The van der Waals surface area contributed by atoms with Gasteiger partial charge in [-0.1, -0.05) is 86.7 Å². The van der Waals surface area contributed by atoms with Crippen LogP contribution in [0.4, 0.5) is 31.1 Å². The number of hydrogen-bond acceptors (Lipinski definition) is 5. The van der Waals surface area contributed by atoms with Crippen molar-refractivity contribution in [3.63, 3.8) is 0 Å². The van der Waals surface area contributed by atoms with Crippen molar-refractivity contribution in [2.45, 2.75) is 103 Å². The molecule has 6 aliphatic carbocycles. The topological polar surface area (TPSA) is 99.1 Å². The molecule has 13 heteroatoms. The van der Waals surface area contributed by atoms with E-state index >= 15 is 0 Å². The quantitative estimate of drug-likeness (QED) is 0.113. The van der Waals surface area contributed by atoms with Crippen LogP contribution in [0, 0.1) is 33.5 Å². The van der Waals surface area contributed by atoms with Crippen molar-refractivity contribution < 1.29 is 50.9 Å². The van der Waals surface area contributed by atoms with E-state index in [4.69, 9.17) is 0 Å². The number of amides is 2. The number of nitrogens with one attached hydrogen (secondary N) is 1. The lowest BCUT2D eigenvalue weighted by atomic mass is 9.32. The van der Waals surface area contributed by atoms with Crippen molar-refractivity contribution in [1.82, 2.24) is 10.2 Å². The van der Waals surface area contributed by atoms with Crippen molar-refractivity contribution in [2.75, 3.05) is 6.54 Å². The Bertz CT molecular complexity index is 2210. The molecule has 0 aromatic heterocycles. The minimum Gasteiger partial charge on any atom is -0.406 e. The van der Waals surface area contributed by atoms with Crippen molar-refractivity contribution in [1.29, 1.82) is 0 Å². The first-order valence-electron chi connectivity index (χ1n) is 20.6. The number of nitrogens with zero attached hydrogens (tertiary/aromatic N) is 1. The predicted molar refractivity (Wildman–Crippen MR) is 211 cm³/mol. The van der Waals surface area contributed by atoms with E-state index in [1.165, 1.54) is 41.3 Å². The van der Waals surface area contributed by atoms with E-state index in [1.54, 1.807) is 0 Å². The number of aliphatic hydroxyl groups excluding tert-OH is 1. The second-order valence-electron chi connectivity index (χ2n) is 18.3. The number of aliphatic hydroxyl groups is 2. The smallest absolute Gasteiger partial charge is 0.406 e. The van der Waals surface area contributed by atoms with Crippen LogP contribution >= 0.6 is 0 Å². The molecular formula is C47H50F6N2O5. The van der Waals surface area contributed by atoms with Gasteiger partial charge in [0.05, 0.1) is 29.9 Å². The Morgan fingerprint density at radius 3 is 2.22 bits per heavy atom. The van der Waals surface area contributed by atoms with Crippen LogP contribution in [0.3, 0.4) is 0 Å². The molecule has 2 bridgehead atoms. The molecule has 3 fully saturated rings. The first kappa shape index (κ1) is 42.1. The van der Waals surface area contributed by atoms with Gasteiger partial charge in [0.1, 0.15) is 5.75 Å². The van der Waals surface area contributed by atoms with Crippen molar-refractivity contribution in [3.05, 3.63) is 125 Å². The average Bonchev–Trinajstić information content (AvgIpc) is 3.47. The third kappa shape index (κ3) is 6.84. The lowest BCUT2D eigenvalue weighted by Crippen LogP contribution is -2.67. The molecule has 0 aliphatic heterocycles. The molecule has 1 unspecified atom stereocenters. The highest BCUT2D eigenvalue weighted by atomic mass is 19.4. The van der Waals surface area contributed by atoms with Crippen molar-refractivity contribution >= 4 is 11.8 Å². The highest BCUT2D eigenvalue weighted by molar-refractivity contribution is 6.10. The maximum absolute atomic E-state index is 14.9. The van der Waals surface area contributed by atoms with E-state index < -0.39 is 69.7 Å². The first-order valence-corrected chi connectivity index (χ1v) is 20.6. The van der Waals surface area contributed by atoms with Gasteiger partial charge >= 0.3 is 18.6 Å². The SMILES string of the molecule is C[C@@H](NC(=O)N(Cc1ccc(OC(F)(F)F)cc1)C[C@]1(O)CC[C@H]2[C@]34C=C[C@@]5(C=C3C(=O)c3cccc(C(F)(F)F)c3)CC(O)CC[C@]5(C)[C@H]4CC[C@@]21C)c1ccccc1. The van der Waals surface area contributed by atoms with Gasteiger partial charge in [0.15, 0.2) is 5.78 Å². The summed E-state index contributed by atoms with van der Waals surface area (Å²) in [4.78, 5) is 30.7. The van der Waals surface area contributed by atoms with Crippen LogP contribution in [-0.2, 0) is 12.7 Å². The summed E-state index contributed by atoms with van der Waals surface area (Å²) >= 11 is 0. The van der Waals surface area contributed by atoms with Crippen LogP contribution < -0.4 is 10.1 Å². The number of carbonyl (C=O) groups is 2. The second-order valence-corrected chi connectivity index (χ2v) is 18.3. The van der Waals surface area contributed by atoms with Crippen LogP contribution in [0.2, 0.25) is 0 Å². The Hall–Kier alpha value is -4.62. The molecule has 2 spiro atoms. The van der Waals surface area contributed by atoms with Crippen LogP contribution in [0.5, 0.6) is 5.75 Å². The first-order chi connectivity index (χ1) is 28.1. The molecule has 0 radical (unpaired) electrons. The highest BCUT2D eigenvalue weighted by Gasteiger charge is 2.74. The minimum atomic E-state index is -4.88. The summed E-state index contributed by atoms with van der Waals surface area (Å²) in [6, 6.07) is 18.1. The van der Waals surface area contributed by atoms with Gasteiger partial charge in [0.25, 0.3) is 0 Å². The molecule has 0 heterocycles. The van der Waals surface area contributed by atoms with Gasteiger partial charge in [-0.25, -0.2) is 4.79 Å². The van der Waals surface area contributed by atoms with Gasteiger partial charge in [-0.2, -0.15) is 13.2 Å². The maximum atomic E-state index is 14.9. The number of fused-ring (bicyclic) bond motifs is 1. The minimum absolute atomic E-state index is 0.0571. The van der Waals surface area contributed by atoms with Crippen LogP contribution in [0.25, 0.3) is 0 Å². The number of hydrogen-bond donors (Lipinski definition) is 3. The molecule has 9 atom stereocenters. The van der Waals surface area contributed by atoms with E-state index in [-0.39, 0.29) is 42.3 Å². The number of halogens is 6. The number of ether oxygens (including phenoxy) is 1. The summed E-state index contributed by atoms with van der Waals surface area (Å²) in [7, 11) is 0. The normalized spacial score (nSPS) is 33.5. The second kappa shape index (κ2) is 14.5. The summed E-state index contributed by atoms with van der Waals surface area (Å²) < 4.78 is 84.9. The predicted octanol–water partition coefficient (Wildman–Crippen LogP) is 10.4. The zero-order valence-corrected chi connectivity index (χ0v) is 33.7. The fourth-order valence-electron chi connectivity index (χ4n) is 12.2. The van der Waals surface area contributed by atoms with E-state index in [2.05, 4.69) is 29.1 Å². The number of alkyl halides is 6. The molecule has 3 aromatic carbocycles. The van der Waals surface area contributed by atoms with Crippen molar-refractivity contribution in [3.8, 4) is 5.75 Å². The Labute approximate surface area is 345 Å². The highest BCUT2D eigenvalue weighted by Crippen LogP contribution is 2.78. The van der Waals surface area contributed by atoms with E-state index in [0.29, 0.717) is 49.7 Å². The molecule has 3 aromatic rings. The van der Waals surface area contributed by atoms with Crippen LogP contribution in [0.15, 0.2) is 103 Å². The monoisotopic (exact) mass is 836 g/mol. The fraction of sp³-hybridized carbons (Fsp3) is 0.489. The lowest BCUT2D eigenvalue weighted by Gasteiger charge is -2.71. The summed E-state index contributed by atoms with van der Waals surface area (Å²) in [5, 5.41) is 27.2. The summed E-state index contributed by atoms with van der Waals surface area (Å²) in [6.07, 6.45) is -0.592. The van der Waals surface area contributed by atoms with Gasteiger partial charge in [0.2, 0.25) is 0 Å². The summed E-state index contributed by atoms with van der Waals surface area (Å²) in [5.41, 5.74) is -3.74. The van der Waals surface area contributed by atoms with Crippen LogP contribution in [-0.4, -0.2) is 51.5 Å². The molecular weight excluding hydrogens is 787 g/mol. The third-order valence-corrected chi connectivity index (χ3v) is 15.3. The molecule has 3 saturated carbocycles. The Kier molecular flexibility index (Phi) is 10.2. The van der Waals surface area contributed by atoms with Gasteiger partial charge < -0.3 is 25.2 Å². The molecule has 60 heavy (non-hydrogen) atoms. The molecule has 320 valence electrons. The van der Waals surface area contributed by atoms with E-state index in [1.807, 2.05) is 50.3 Å². The zero-order chi connectivity index (χ0) is 43.1. The van der Waals surface area contributed by atoms with Gasteiger partial charge in [-0.15, -0.1) is 13.2 Å². The largest absolute Gasteiger partial charge is 0.573 e. The number of carbonyl (C=O) groups excluding carboxylic acids is 2.